The minimum absolute atomic E-state index is 0.169. The third-order valence-electron chi connectivity index (χ3n) is 5.63. The van der Waals surface area contributed by atoms with Crippen molar-refractivity contribution in [1.29, 1.82) is 0 Å². The number of Topliss-reactive ketones (excluding diaryl/α,β-unsaturated/α-hetero) is 1. The summed E-state index contributed by atoms with van der Waals surface area (Å²) in [4.78, 5) is 17.4. The van der Waals surface area contributed by atoms with Gasteiger partial charge in [-0.25, -0.2) is 0 Å². The molecule has 0 bridgehead atoms. The van der Waals surface area contributed by atoms with E-state index in [1.54, 1.807) is 6.20 Å². The van der Waals surface area contributed by atoms with E-state index in [4.69, 9.17) is 0 Å². The van der Waals surface area contributed by atoms with Gasteiger partial charge in [-0.15, -0.1) is 0 Å². The Morgan fingerprint density at radius 1 is 1.25 bits per heavy atom. The molecule has 0 unspecified atom stereocenters. The molecule has 4 nitrogen and oxygen atoms in total. The van der Waals surface area contributed by atoms with Crippen LogP contribution in [0.4, 0.5) is 5.69 Å². The quantitative estimate of drug-likeness (QED) is 0.503. The molecule has 1 aliphatic rings. The normalized spacial score (nSPS) is 19.9. The molecule has 0 amide bonds. The number of anilines is 1. The molecule has 2 aromatic rings. The summed E-state index contributed by atoms with van der Waals surface area (Å²) in [5.74, 6) is 1.15. The second-order valence-electron chi connectivity index (χ2n) is 8.39. The van der Waals surface area contributed by atoms with Crippen molar-refractivity contribution in [1.82, 2.24) is 10.3 Å². The number of hydrogen-bond acceptors (Lipinski definition) is 4. The van der Waals surface area contributed by atoms with Crippen LogP contribution in [0, 0.1) is 11.8 Å². The van der Waals surface area contributed by atoms with Crippen LogP contribution in [0.5, 0.6) is 0 Å². The number of benzene rings is 1. The molecule has 5 heteroatoms. The van der Waals surface area contributed by atoms with Crippen molar-refractivity contribution >= 4 is 38.3 Å². The van der Waals surface area contributed by atoms with Crippen LogP contribution in [0.15, 0.2) is 28.9 Å². The van der Waals surface area contributed by atoms with Crippen LogP contribution >= 0.6 is 15.9 Å². The van der Waals surface area contributed by atoms with E-state index in [0.29, 0.717) is 24.3 Å². The van der Waals surface area contributed by atoms with E-state index in [9.17, 15) is 4.79 Å². The van der Waals surface area contributed by atoms with Gasteiger partial charge in [0.05, 0.1) is 16.8 Å². The second-order valence-corrected chi connectivity index (χ2v) is 9.30. The molecule has 0 atom stereocenters. The number of hydrogen-bond donors (Lipinski definition) is 2. The van der Waals surface area contributed by atoms with Gasteiger partial charge < -0.3 is 10.6 Å². The molecule has 1 fully saturated rings. The maximum atomic E-state index is 12.9. The largest absolute Gasteiger partial charge is 0.384 e. The van der Waals surface area contributed by atoms with Crippen LogP contribution in [-0.2, 0) is 0 Å². The van der Waals surface area contributed by atoms with Crippen molar-refractivity contribution in [2.24, 2.45) is 11.8 Å². The topological polar surface area (TPSA) is 54.0 Å². The Labute approximate surface area is 177 Å². The Hall–Kier alpha value is -1.46. The molecular formula is C23H32BrN3O. The van der Waals surface area contributed by atoms with Crippen molar-refractivity contribution in [2.75, 3.05) is 18.4 Å². The van der Waals surface area contributed by atoms with E-state index in [1.165, 1.54) is 25.7 Å². The van der Waals surface area contributed by atoms with Crippen molar-refractivity contribution < 1.29 is 4.79 Å². The number of nitrogens with one attached hydrogen (secondary N) is 2. The minimum atomic E-state index is 0.169. The number of pyridine rings is 1. The molecule has 1 aliphatic carbocycles. The first-order chi connectivity index (χ1) is 13.5. The Bertz CT molecular complexity index is 813. The first-order valence-electron chi connectivity index (χ1n) is 10.6. The predicted molar refractivity (Wildman–Crippen MR) is 121 cm³/mol. The molecule has 2 N–H and O–H groups in total. The average molecular weight is 446 g/mol. The number of halogens is 1. The SMILES string of the molecule is CCNC1CCC(CNc2c(C(=O)CC(C)C)cnc3ccc(Br)cc23)CC1. The molecule has 1 heterocycles. The second kappa shape index (κ2) is 9.84. The van der Waals surface area contributed by atoms with Gasteiger partial charge in [0.15, 0.2) is 5.78 Å². The van der Waals surface area contributed by atoms with Gasteiger partial charge in [-0.3, -0.25) is 9.78 Å². The van der Waals surface area contributed by atoms with E-state index in [2.05, 4.69) is 58.4 Å². The first kappa shape index (κ1) is 21.3. The van der Waals surface area contributed by atoms with E-state index >= 15 is 0 Å². The monoisotopic (exact) mass is 445 g/mol. The lowest BCUT2D eigenvalue weighted by atomic mass is 9.86. The zero-order valence-electron chi connectivity index (χ0n) is 17.2. The standard InChI is InChI=1S/C23H32BrN3O/c1-4-25-18-8-5-16(6-9-18)13-27-23-19-12-17(24)7-10-21(19)26-14-20(23)22(28)11-15(2)3/h7,10,12,14-16,18,25H,4-6,8-9,11,13H2,1-3H3,(H,26,27). The lowest BCUT2D eigenvalue weighted by molar-refractivity contribution is 0.0968. The molecule has 1 aromatic carbocycles. The fourth-order valence-electron chi connectivity index (χ4n) is 4.15. The fraction of sp³-hybridized carbons (Fsp3) is 0.565. The number of aromatic nitrogens is 1. The highest BCUT2D eigenvalue weighted by Gasteiger charge is 2.22. The molecular weight excluding hydrogens is 414 g/mol. The third kappa shape index (κ3) is 5.32. The summed E-state index contributed by atoms with van der Waals surface area (Å²) in [7, 11) is 0. The summed E-state index contributed by atoms with van der Waals surface area (Å²) in [5, 5.41) is 8.24. The highest BCUT2D eigenvalue weighted by atomic mass is 79.9. The van der Waals surface area contributed by atoms with Crippen LogP contribution in [0.1, 0.15) is 63.2 Å². The molecule has 0 saturated heterocycles. The summed E-state index contributed by atoms with van der Waals surface area (Å²) in [6.45, 7) is 8.30. The molecule has 3 rings (SSSR count). The number of nitrogens with zero attached hydrogens (tertiary/aromatic N) is 1. The number of fused-ring (bicyclic) bond motifs is 1. The summed E-state index contributed by atoms with van der Waals surface area (Å²) in [6.07, 6.45) is 7.23. The number of carbonyl (C=O) groups is 1. The van der Waals surface area contributed by atoms with E-state index in [1.807, 2.05) is 12.1 Å². The molecule has 28 heavy (non-hydrogen) atoms. The van der Waals surface area contributed by atoms with E-state index in [-0.39, 0.29) is 5.78 Å². The molecule has 152 valence electrons. The van der Waals surface area contributed by atoms with Gasteiger partial charge in [0.1, 0.15) is 0 Å². The van der Waals surface area contributed by atoms with Crippen LogP contribution in [0.3, 0.4) is 0 Å². The van der Waals surface area contributed by atoms with Gasteiger partial charge in [0.2, 0.25) is 0 Å². The van der Waals surface area contributed by atoms with Gasteiger partial charge >= 0.3 is 0 Å². The Kier molecular flexibility index (Phi) is 7.47. The van der Waals surface area contributed by atoms with Gasteiger partial charge in [-0.2, -0.15) is 0 Å². The Balaban J connectivity index is 1.81. The smallest absolute Gasteiger partial charge is 0.166 e. The lowest BCUT2D eigenvalue weighted by Gasteiger charge is -2.29. The summed E-state index contributed by atoms with van der Waals surface area (Å²) >= 11 is 3.57. The summed E-state index contributed by atoms with van der Waals surface area (Å²) < 4.78 is 1.00. The Morgan fingerprint density at radius 3 is 2.68 bits per heavy atom. The number of rotatable bonds is 8. The van der Waals surface area contributed by atoms with Gasteiger partial charge in [-0.1, -0.05) is 36.7 Å². The molecule has 0 spiro atoms. The predicted octanol–water partition coefficient (Wildman–Crippen LogP) is 5.81. The molecule has 0 radical (unpaired) electrons. The maximum Gasteiger partial charge on any atom is 0.166 e. The minimum Gasteiger partial charge on any atom is -0.384 e. The summed E-state index contributed by atoms with van der Waals surface area (Å²) in [5.41, 5.74) is 2.59. The maximum absolute atomic E-state index is 12.9. The molecule has 0 aliphatic heterocycles. The van der Waals surface area contributed by atoms with Crippen molar-refractivity contribution in [2.45, 2.75) is 58.9 Å². The average Bonchev–Trinajstić information content (AvgIpc) is 2.66. The lowest BCUT2D eigenvalue weighted by Crippen LogP contribution is -2.34. The zero-order chi connectivity index (χ0) is 20.1. The van der Waals surface area contributed by atoms with Crippen LogP contribution in [-0.4, -0.2) is 29.9 Å². The van der Waals surface area contributed by atoms with Crippen LogP contribution in [0.2, 0.25) is 0 Å². The number of ketones is 1. The van der Waals surface area contributed by atoms with Crippen molar-refractivity contribution in [3.05, 3.63) is 34.4 Å². The molecule has 1 saturated carbocycles. The Morgan fingerprint density at radius 2 is 2.00 bits per heavy atom. The highest BCUT2D eigenvalue weighted by molar-refractivity contribution is 9.10. The fourth-order valence-corrected chi connectivity index (χ4v) is 4.51. The summed E-state index contributed by atoms with van der Waals surface area (Å²) in [6, 6.07) is 6.74. The number of carbonyl (C=O) groups excluding carboxylic acids is 1. The van der Waals surface area contributed by atoms with Gasteiger partial charge in [-0.05, 0) is 62.3 Å². The zero-order valence-corrected chi connectivity index (χ0v) is 18.8. The highest BCUT2D eigenvalue weighted by Crippen LogP contribution is 2.31. The third-order valence-corrected chi connectivity index (χ3v) is 6.12. The van der Waals surface area contributed by atoms with Crippen LogP contribution < -0.4 is 10.6 Å². The first-order valence-corrected chi connectivity index (χ1v) is 11.4. The van der Waals surface area contributed by atoms with Gasteiger partial charge in [0.25, 0.3) is 0 Å². The van der Waals surface area contributed by atoms with Crippen molar-refractivity contribution in [3.8, 4) is 0 Å². The van der Waals surface area contributed by atoms with Crippen molar-refractivity contribution in [3.63, 3.8) is 0 Å². The van der Waals surface area contributed by atoms with E-state index < -0.39 is 0 Å². The molecule has 1 aromatic heterocycles. The van der Waals surface area contributed by atoms with Gasteiger partial charge in [0, 0.05) is 35.1 Å². The van der Waals surface area contributed by atoms with Crippen LogP contribution in [0.25, 0.3) is 10.9 Å². The van der Waals surface area contributed by atoms with E-state index in [0.717, 1.165) is 39.7 Å².